The summed E-state index contributed by atoms with van der Waals surface area (Å²) in [5.41, 5.74) is 7.68. The van der Waals surface area contributed by atoms with Crippen LogP contribution in [0.4, 0.5) is 0 Å². The van der Waals surface area contributed by atoms with Gasteiger partial charge in [0.25, 0.3) is 0 Å². The third-order valence-electron chi connectivity index (χ3n) is 5.22. The molecule has 0 aliphatic heterocycles. The molecule has 4 aromatic carbocycles. The van der Waals surface area contributed by atoms with Crippen molar-refractivity contribution in [3.05, 3.63) is 141 Å². The van der Waals surface area contributed by atoms with Crippen molar-refractivity contribution < 1.29 is 9.90 Å². The van der Waals surface area contributed by atoms with Crippen molar-refractivity contribution in [2.24, 2.45) is 0 Å². The van der Waals surface area contributed by atoms with Gasteiger partial charge < -0.3 is 5.11 Å². The van der Waals surface area contributed by atoms with Crippen LogP contribution in [0.2, 0.25) is 0 Å². The minimum atomic E-state index is -0.957. The van der Waals surface area contributed by atoms with Crippen LogP contribution in [-0.4, -0.2) is 11.1 Å². The van der Waals surface area contributed by atoms with Crippen molar-refractivity contribution in [1.82, 2.24) is 0 Å². The van der Waals surface area contributed by atoms with Crippen LogP contribution in [0.25, 0.3) is 0 Å². The Hall–Kier alpha value is -4.97. The van der Waals surface area contributed by atoms with Crippen LogP contribution in [-0.2, 0) is 0 Å². The molecule has 0 bridgehead atoms. The highest BCUT2D eigenvalue weighted by Crippen LogP contribution is 2.11. The molecular formula is C33H22O2. The van der Waals surface area contributed by atoms with Gasteiger partial charge in [0.05, 0.1) is 5.56 Å². The van der Waals surface area contributed by atoms with Crippen LogP contribution in [0.3, 0.4) is 0 Å². The minimum absolute atomic E-state index is 0.234. The number of hydrogen-bond acceptors (Lipinski definition) is 1. The smallest absolute Gasteiger partial charge is 0.335 e. The van der Waals surface area contributed by atoms with Gasteiger partial charge in [0.2, 0.25) is 0 Å². The van der Waals surface area contributed by atoms with Crippen molar-refractivity contribution in [2.45, 2.75) is 13.8 Å². The van der Waals surface area contributed by atoms with Gasteiger partial charge in [0.1, 0.15) is 0 Å². The molecule has 0 atom stereocenters. The lowest BCUT2D eigenvalue weighted by Gasteiger charge is -1.98. The Labute approximate surface area is 206 Å². The number of carboxylic acid groups (broad SMARTS) is 1. The van der Waals surface area contributed by atoms with E-state index in [1.165, 1.54) is 11.1 Å². The van der Waals surface area contributed by atoms with Crippen molar-refractivity contribution >= 4 is 5.97 Å². The topological polar surface area (TPSA) is 37.3 Å². The second-order valence-electron chi connectivity index (χ2n) is 8.16. The number of aryl methyl sites for hydroxylation is 2. The van der Waals surface area contributed by atoms with E-state index >= 15 is 0 Å². The Morgan fingerprint density at radius 2 is 0.771 bits per heavy atom. The summed E-state index contributed by atoms with van der Waals surface area (Å²) in [7, 11) is 0. The first-order valence-electron chi connectivity index (χ1n) is 11.1. The molecule has 0 unspecified atom stereocenters. The van der Waals surface area contributed by atoms with Crippen LogP contribution in [0, 0.1) is 49.4 Å². The van der Waals surface area contributed by atoms with Gasteiger partial charge in [-0.25, -0.2) is 4.79 Å². The zero-order chi connectivity index (χ0) is 24.6. The lowest BCUT2D eigenvalue weighted by molar-refractivity contribution is 0.0697. The first-order valence-corrected chi connectivity index (χ1v) is 11.1. The number of carbonyl (C=O) groups is 1. The van der Waals surface area contributed by atoms with E-state index in [9.17, 15) is 4.79 Å². The van der Waals surface area contributed by atoms with Crippen LogP contribution in [0.1, 0.15) is 54.9 Å². The van der Waals surface area contributed by atoms with E-state index in [1.54, 1.807) is 24.3 Å². The van der Waals surface area contributed by atoms with E-state index in [1.807, 2.05) is 80.6 Å². The normalized spacial score (nSPS) is 9.54. The maximum absolute atomic E-state index is 11.1. The summed E-state index contributed by atoms with van der Waals surface area (Å²) in [6.07, 6.45) is 0. The minimum Gasteiger partial charge on any atom is -0.478 e. The molecule has 1 N–H and O–H groups in total. The van der Waals surface area contributed by atoms with Crippen molar-refractivity contribution in [3.8, 4) is 35.5 Å². The first-order chi connectivity index (χ1) is 16.9. The number of benzene rings is 4. The third-order valence-corrected chi connectivity index (χ3v) is 5.22. The Morgan fingerprint density at radius 1 is 0.486 bits per heavy atom. The molecule has 4 rings (SSSR count). The molecule has 4 aromatic rings. The molecule has 0 fully saturated rings. The molecule has 2 nitrogen and oxygen atoms in total. The molecule has 0 saturated heterocycles. The highest BCUT2D eigenvalue weighted by atomic mass is 16.4. The number of aromatic carboxylic acids is 1. The average Bonchev–Trinajstić information content (AvgIpc) is 2.87. The van der Waals surface area contributed by atoms with Crippen LogP contribution in [0.15, 0.2) is 91.0 Å². The second-order valence-corrected chi connectivity index (χ2v) is 8.16. The van der Waals surface area contributed by atoms with Gasteiger partial charge in [-0.15, -0.1) is 0 Å². The predicted molar refractivity (Wildman–Crippen MR) is 140 cm³/mol. The van der Waals surface area contributed by atoms with Crippen molar-refractivity contribution in [1.29, 1.82) is 0 Å². The Kier molecular flexibility index (Phi) is 7.13. The Bertz CT molecular complexity index is 1470. The van der Waals surface area contributed by atoms with Crippen LogP contribution >= 0.6 is 0 Å². The van der Waals surface area contributed by atoms with Gasteiger partial charge in [-0.05, 0) is 80.6 Å². The fourth-order valence-electron chi connectivity index (χ4n) is 3.25. The summed E-state index contributed by atoms with van der Waals surface area (Å²) in [5.74, 6) is 18.2. The summed E-state index contributed by atoms with van der Waals surface area (Å²) in [6.45, 7) is 4.10. The molecule has 0 heterocycles. The summed E-state index contributed by atoms with van der Waals surface area (Å²) in [5, 5.41) is 9.08. The Balaban J connectivity index is 1.69. The molecule has 0 aliphatic carbocycles. The first kappa shape index (κ1) is 23.2. The average molecular weight is 451 g/mol. The van der Waals surface area contributed by atoms with Gasteiger partial charge >= 0.3 is 5.97 Å². The van der Waals surface area contributed by atoms with Crippen LogP contribution < -0.4 is 0 Å². The summed E-state index contributed by atoms with van der Waals surface area (Å²) < 4.78 is 0. The fraction of sp³-hybridized carbons (Fsp3) is 0.0606. The highest BCUT2D eigenvalue weighted by molar-refractivity contribution is 5.87. The van der Waals surface area contributed by atoms with E-state index in [-0.39, 0.29) is 5.56 Å². The maximum Gasteiger partial charge on any atom is 0.335 e. The molecule has 0 amide bonds. The SMILES string of the molecule is Cc1ccc(C#Cc2cc(C#Cc3ccc(C)cc3)cc(C#Cc3ccc(C(=O)O)cc3)c2)cc1. The summed E-state index contributed by atoms with van der Waals surface area (Å²) >= 11 is 0. The van der Waals surface area contributed by atoms with Crippen molar-refractivity contribution in [3.63, 3.8) is 0 Å². The highest BCUT2D eigenvalue weighted by Gasteiger charge is 2.01. The van der Waals surface area contributed by atoms with Gasteiger partial charge in [-0.1, -0.05) is 70.9 Å². The molecule has 2 heteroatoms. The number of rotatable bonds is 1. The third kappa shape index (κ3) is 6.76. The molecular weight excluding hydrogens is 428 g/mol. The van der Waals surface area contributed by atoms with Gasteiger partial charge in [0, 0.05) is 33.4 Å². The molecule has 0 aromatic heterocycles. The monoisotopic (exact) mass is 450 g/mol. The van der Waals surface area contributed by atoms with Gasteiger partial charge in [0.15, 0.2) is 0 Å². The van der Waals surface area contributed by atoms with Gasteiger partial charge in [-0.2, -0.15) is 0 Å². The van der Waals surface area contributed by atoms with E-state index in [0.29, 0.717) is 0 Å². The maximum atomic E-state index is 11.1. The molecule has 0 saturated carbocycles. The largest absolute Gasteiger partial charge is 0.478 e. The molecule has 35 heavy (non-hydrogen) atoms. The van der Waals surface area contributed by atoms with E-state index in [4.69, 9.17) is 5.11 Å². The fourth-order valence-corrected chi connectivity index (χ4v) is 3.25. The zero-order valence-electron chi connectivity index (χ0n) is 19.5. The Morgan fingerprint density at radius 3 is 1.09 bits per heavy atom. The molecule has 0 spiro atoms. The quantitative estimate of drug-likeness (QED) is 0.351. The predicted octanol–water partition coefficient (Wildman–Crippen LogP) is 6.20. The lowest BCUT2D eigenvalue weighted by Crippen LogP contribution is -1.94. The van der Waals surface area contributed by atoms with Crippen molar-refractivity contribution in [2.75, 3.05) is 0 Å². The lowest BCUT2D eigenvalue weighted by atomic mass is 10.0. The van der Waals surface area contributed by atoms with E-state index in [2.05, 4.69) is 35.5 Å². The standard InChI is InChI=1S/C33H22O2/c1-24-3-7-26(8-4-24)11-14-29-21-30(15-12-27-9-5-25(2)6-10-27)23-31(22-29)16-13-28-17-19-32(20-18-28)33(34)35/h3-10,17-23H,1-2H3,(H,34,35). The molecule has 166 valence electrons. The van der Waals surface area contributed by atoms with E-state index in [0.717, 1.165) is 33.4 Å². The van der Waals surface area contributed by atoms with E-state index < -0.39 is 5.97 Å². The molecule has 0 aliphatic rings. The summed E-state index contributed by atoms with van der Waals surface area (Å²) in [6, 6.07) is 28.5. The van der Waals surface area contributed by atoms with Gasteiger partial charge in [-0.3, -0.25) is 0 Å². The zero-order valence-corrected chi connectivity index (χ0v) is 19.5. The number of carboxylic acids is 1. The number of hydrogen-bond donors (Lipinski definition) is 1. The molecule has 0 radical (unpaired) electrons. The van der Waals surface area contributed by atoms with Crippen LogP contribution in [0.5, 0.6) is 0 Å². The summed E-state index contributed by atoms with van der Waals surface area (Å²) in [4.78, 5) is 11.1. The second kappa shape index (κ2) is 10.8.